The molecule has 1 aliphatic carbocycles. The number of nitrogens with one attached hydrogen (secondary N) is 1. The maximum atomic E-state index is 12.3. The largest absolute Gasteiger partial charge is 0.416 e. The molecule has 94 valence electrons. The second-order valence-corrected chi connectivity index (χ2v) is 4.63. The predicted octanol–water partition coefficient (Wildman–Crippen LogP) is 2.86. The van der Waals surface area contributed by atoms with Crippen molar-refractivity contribution in [1.82, 2.24) is 0 Å². The van der Waals surface area contributed by atoms with Gasteiger partial charge < -0.3 is 11.1 Å². The van der Waals surface area contributed by atoms with Crippen molar-refractivity contribution in [1.29, 1.82) is 0 Å². The van der Waals surface area contributed by atoms with Gasteiger partial charge in [-0.25, -0.2) is 0 Å². The summed E-state index contributed by atoms with van der Waals surface area (Å²) in [5.74, 6) is 0. The number of anilines is 1. The minimum atomic E-state index is -4.27. The van der Waals surface area contributed by atoms with Gasteiger partial charge in [0.05, 0.1) is 5.56 Å². The van der Waals surface area contributed by atoms with Gasteiger partial charge in [-0.2, -0.15) is 13.2 Å². The topological polar surface area (TPSA) is 38.0 Å². The molecule has 0 radical (unpaired) electrons. The van der Waals surface area contributed by atoms with E-state index in [9.17, 15) is 13.2 Å². The molecule has 1 aliphatic rings. The van der Waals surface area contributed by atoms with Crippen molar-refractivity contribution in [3.05, 3.63) is 29.8 Å². The first-order chi connectivity index (χ1) is 7.95. The Morgan fingerprint density at radius 2 is 1.76 bits per heavy atom. The van der Waals surface area contributed by atoms with Gasteiger partial charge in [0.25, 0.3) is 0 Å². The summed E-state index contributed by atoms with van der Waals surface area (Å²) in [5.41, 5.74) is 5.88. The number of hydrogen-bond donors (Lipinski definition) is 2. The van der Waals surface area contributed by atoms with Crippen molar-refractivity contribution in [2.45, 2.75) is 19.0 Å². The normalized spacial score (nSPS) is 17.9. The third-order valence-corrected chi connectivity index (χ3v) is 3.27. The lowest BCUT2D eigenvalue weighted by molar-refractivity contribution is -0.137. The van der Waals surface area contributed by atoms with Crippen molar-refractivity contribution in [2.24, 2.45) is 11.1 Å². The number of nitrogens with two attached hydrogens (primary N) is 1. The molecule has 3 N–H and O–H groups in total. The van der Waals surface area contributed by atoms with E-state index in [0.717, 1.165) is 31.5 Å². The van der Waals surface area contributed by atoms with Gasteiger partial charge >= 0.3 is 6.18 Å². The molecule has 0 atom stereocenters. The zero-order valence-electron chi connectivity index (χ0n) is 9.35. The van der Waals surface area contributed by atoms with E-state index in [2.05, 4.69) is 5.32 Å². The Bertz CT molecular complexity index is 380. The fourth-order valence-electron chi connectivity index (χ4n) is 1.70. The van der Waals surface area contributed by atoms with Crippen LogP contribution in [0.3, 0.4) is 0 Å². The Morgan fingerprint density at radius 1 is 1.18 bits per heavy atom. The molecule has 0 aliphatic heterocycles. The Hall–Kier alpha value is -1.23. The van der Waals surface area contributed by atoms with Crippen LogP contribution in [0.25, 0.3) is 0 Å². The molecular weight excluding hydrogens is 229 g/mol. The van der Waals surface area contributed by atoms with E-state index < -0.39 is 11.7 Å². The van der Waals surface area contributed by atoms with Crippen LogP contribution in [0.5, 0.6) is 0 Å². The molecule has 0 heterocycles. The average molecular weight is 244 g/mol. The highest BCUT2D eigenvalue weighted by molar-refractivity contribution is 5.45. The summed E-state index contributed by atoms with van der Waals surface area (Å²) >= 11 is 0. The number of halogens is 3. The number of benzene rings is 1. The van der Waals surface area contributed by atoms with Gasteiger partial charge in [-0.15, -0.1) is 0 Å². The van der Waals surface area contributed by atoms with Gasteiger partial charge in [0.1, 0.15) is 0 Å². The Balaban J connectivity index is 1.94. The number of rotatable bonds is 4. The van der Waals surface area contributed by atoms with Crippen LogP contribution in [0.4, 0.5) is 18.9 Å². The summed E-state index contributed by atoms with van der Waals surface area (Å²) in [6, 6.07) is 5.08. The minimum Gasteiger partial charge on any atom is -0.384 e. The second-order valence-electron chi connectivity index (χ2n) is 4.63. The molecule has 1 saturated carbocycles. The Labute approximate surface area is 98.0 Å². The van der Waals surface area contributed by atoms with Gasteiger partial charge in [-0.05, 0) is 49.1 Å². The van der Waals surface area contributed by atoms with E-state index >= 15 is 0 Å². The Kier molecular flexibility index (Phi) is 3.03. The lowest BCUT2D eigenvalue weighted by Gasteiger charge is -2.15. The molecule has 17 heavy (non-hydrogen) atoms. The minimum absolute atomic E-state index is 0.169. The van der Waals surface area contributed by atoms with Crippen LogP contribution in [0.1, 0.15) is 18.4 Å². The number of alkyl halides is 3. The van der Waals surface area contributed by atoms with E-state index in [4.69, 9.17) is 5.73 Å². The smallest absolute Gasteiger partial charge is 0.384 e. The molecule has 1 aromatic rings. The van der Waals surface area contributed by atoms with Crippen molar-refractivity contribution in [3.63, 3.8) is 0 Å². The summed E-state index contributed by atoms with van der Waals surface area (Å²) in [4.78, 5) is 0. The Morgan fingerprint density at radius 3 is 2.18 bits per heavy atom. The molecule has 0 bridgehead atoms. The summed E-state index contributed by atoms with van der Waals surface area (Å²) < 4.78 is 37.0. The van der Waals surface area contributed by atoms with E-state index in [1.807, 2.05) is 0 Å². The zero-order valence-corrected chi connectivity index (χ0v) is 9.35. The second kappa shape index (κ2) is 4.22. The lowest BCUT2D eigenvalue weighted by Crippen LogP contribution is -2.24. The monoisotopic (exact) mass is 244 g/mol. The highest BCUT2D eigenvalue weighted by Gasteiger charge is 2.40. The van der Waals surface area contributed by atoms with Gasteiger partial charge in [0, 0.05) is 12.2 Å². The summed E-state index contributed by atoms with van der Waals surface area (Å²) in [5, 5.41) is 3.13. The molecule has 0 amide bonds. The molecule has 1 fully saturated rings. The SMILES string of the molecule is NCC1(CNc2ccc(C(F)(F)F)cc2)CC1. The molecule has 1 aromatic carbocycles. The predicted molar refractivity (Wildman–Crippen MR) is 60.7 cm³/mol. The van der Waals surface area contributed by atoms with E-state index in [-0.39, 0.29) is 5.41 Å². The van der Waals surface area contributed by atoms with Gasteiger partial charge in [0.2, 0.25) is 0 Å². The van der Waals surface area contributed by atoms with Gasteiger partial charge in [-0.3, -0.25) is 0 Å². The van der Waals surface area contributed by atoms with Crippen molar-refractivity contribution < 1.29 is 13.2 Å². The van der Waals surface area contributed by atoms with Crippen molar-refractivity contribution in [2.75, 3.05) is 18.4 Å². The highest BCUT2D eigenvalue weighted by Crippen LogP contribution is 2.44. The van der Waals surface area contributed by atoms with E-state index in [0.29, 0.717) is 12.2 Å². The molecule has 2 rings (SSSR count). The first kappa shape index (κ1) is 12.2. The summed E-state index contributed by atoms with van der Waals surface area (Å²) in [6.45, 7) is 1.36. The molecule has 0 aromatic heterocycles. The van der Waals surface area contributed by atoms with Crippen LogP contribution >= 0.6 is 0 Å². The number of hydrogen-bond acceptors (Lipinski definition) is 2. The van der Waals surface area contributed by atoms with Crippen molar-refractivity contribution in [3.8, 4) is 0 Å². The third kappa shape index (κ3) is 2.91. The third-order valence-electron chi connectivity index (χ3n) is 3.27. The van der Waals surface area contributed by atoms with Crippen LogP contribution < -0.4 is 11.1 Å². The van der Waals surface area contributed by atoms with E-state index in [1.165, 1.54) is 12.1 Å². The first-order valence-electron chi connectivity index (χ1n) is 5.56. The van der Waals surface area contributed by atoms with Crippen LogP contribution in [0, 0.1) is 5.41 Å². The molecule has 5 heteroatoms. The molecular formula is C12H15F3N2. The highest BCUT2D eigenvalue weighted by atomic mass is 19.4. The van der Waals surface area contributed by atoms with Crippen LogP contribution in [0.2, 0.25) is 0 Å². The van der Waals surface area contributed by atoms with Gasteiger partial charge in [-0.1, -0.05) is 0 Å². The van der Waals surface area contributed by atoms with Crippen molar-refractivity contribution >= 4 is 5.69 Å². The molecule has 2 nitrogen and oxygen atoms in total. The quantitative estimate of drug-likeness (QED) is 0.854. The van der Waals surface area contributed by atoms with E-state index in [1.54, 1.807) is 0 Å². The van der Waals surface area contributed by atoms with Gasteiger partial charge in [0.15, 0.2) is 0 Å². The first-order valence-corrected chi connectivity index (χ1v) is 5.56. The summed E-state index contributed by atoms with van der Waals surface area (Å²) in [7, 11) is 0. The molecule has 0 spiro atoms. The van der Waals surface area contributed by atoms with Crippen LogP contribution in [-0.4, -0.2) is 13.1 Å². The fraction of sp³-hybridized carbons (Fsp3) is 0.500. The molecule has 0 unspecified atom stereocenters. The maximum absolute atomic E-state index is 12.3. The van der Waals surface area contributed by atoms with Crippen LogP contribution in [-0.2, 0) is 6.18 Å². The maximum Gasteiger partial charge on any atom is 0.416 e. The van der Waals surface area contributed by atoms with Crippen LogP contribution in [0.15, 0.2) is 24.3 Å². The average Bonchev–Trinajstić information content (AvgIpc) is 3.06. The summed E-state index contributed by atoms with van der Waals surface area (Å²) in [6.07, 6.45) is -2.08. The lowest BCUT2D eigenvalue weighted by atomic mass is 10.1. The fourth-order valence-corrected chi connectivity index (χ4v) is 1.70. The zero-order chi connectivity index (χ0) is 12.5. The molecule has 0 saturated heterocycles. The standard InChI is InChI=1S/C12H15F3N2/c13-12(14,15)9-1-3-10(4-2-9)17-8-11(7-16)5-6-11/h1-4,17H,5-8,16H2.